The monoisotopic (exact) mass is 873 g/mol. The molecule has 5 fully saturated rings. The van der Waals surface area contributed by atoms with Gasteiger partial charge in [-0.25, -0.2) is 4.39 Å². The highest BCUT2D eigenvalue weighted by molar-refractivity contribution is 5.99. The lowest BCUT2D eigenvalue weighted by Crippen LogP contribution is -2.59. The van der Waals surface area contributed by atoms with Crippen LogP contribution in [0.2, 0.25) is 0 Å². The molecule has 13 nitrogen and oxygen atoms in total. The van der Waals surface area contributed by atoms with Gasteiger partial charge < -0.3 is 53.2 Å². The molecule has 0 bridgehead atoms. The number of anilines is 1. The van der Waals surface area contributed by atoms with Crippen molar-refractivity contribution in [3.05, 3.63) is 41.7 Å². The molecule has 348 valence electrons. The van der Waals surface area contributed by atoms with E-state index in [0.717, 1.165) is 32.2 Å². The van der Waals surface area contributed by atoms with E-state index < -0.39 is 60.7 Å². The summed E-state index contributed by atoms with van der Waals surface area (Å²) >= 11 is 0. The van der Waals surface area contributed by atoms with E-state index in [1.165, 1.54) is 12.1 Å². The fourth-order valence-electron chi connectivity index (χ4n) is 12.2. The van der Waals surface area contributed by atoms with E-state index in [0.29, 0.717) is 43.4 Å². The van der Waals surface area contributed by atoms with Gasteiger partial charge in [0.1, 0.15) is 30.2 Å². The standard InChI is InChI=1S/C48H73FN2O11/c1-10-30-16-12-17-37(61-39-18-13-19-48(4,62-39)25-51(5)6)26(2)42(53)36-23-33-32-21-31(60-47-46(57-9)45(56-8)44(55-7)27(3)58-47)22-35(32)43(54)41(40(33)34(36)24-38(52)59-30)50-29-15-11-14-28(49)20-29/h11,14-15,20,23,26-27,30-35,37,39-41,43-47,50,54H,10,12-13,16-19,21-22,24-25H2,1-9H3/t26-,27?,30+,31+,32+,33+,34-,35-,37+,39-,40-,41-,43-,44+,45?,46?,47+,48?/m1/s1. The number of ketones is 1. The number of aliphatic hydroxyl groups is 1. The van der Waals surface area contributed by atoms with Crippen LogP contribution in [0.1, 0.15) is 91.9 Å². The van der Waals surface area contributed by atoms with Gasteiger partial charge >= 0.3 is 5.97 Å². The minimum atomic E-state index is -0.913. The Hall–Kier alpha value is -2.53. The number of nitrogens with zero attached hydrogens (tertiary/aromatic N) is 1. The Morgan fingerprint density at radius 3 is 2.40 bits per heavy atom. The zero-order valence-electron chi connectivity index (χ0n) is 38.3. The summed E-state index contributed by atoms with van der Waals surface area (Å²) in [6.07, 6.45) is 3.66. The third kappa shape index (κ3) is 10.1. The van der Waals surface area contributed by atoms with E-state index in [1.54, 1.807) is 33.5 Å². The summed E-state index contributed by atoms with van der Waals surface area (Å²) in [7, 11) is 8.93. The highest BCUT2D eigenvalue weighted by atomic mass is 19.1. The van der Waals surface area contributed by atoms with E-state index in [9.17, 15) is 14.3 Å². The first-order valence-electron chi connectivity index (χ1n) is 23.2. The van der Waals surface area contributed by atoms with Gasteiger partial charge in [0.05, 0.1) is 42.5 Å². The molecule has 18 atom stereocenters. The van der Waals surface area contributed by atoms with Crippen molar-refractivity contribution in [2.75, 3.05) is 47.3 Å². The van der Waals surface area contributed by atoms with Crippen LogP contribution in [0.15, 0.2) is 35.9 Å². The molecule has 3 saturated heterocycles. The van der Waals surface area contributed by atoms with Gasteiger partial charge in [-0.3, -0.25) is 9.59 Å². The fourth-order valence-corrected chi connectivity index (χ4v) is 12.2. The Morgan fingerprint density at radius 2 is 1.71 bits per heavy atom. The summed E-state index contributed by atoms with van der Waals surface area (Å²) in [4.78, 5) is 31.3. The number of nitrogens with one attached hydrogen (secondary N) is 1. The van der Waals surface area contributed by atoms with Crippen LogP contribution in [0.3, 0.4) is 0 Å². The van der Waals surface area contributed by atoms with Crippen LogP contribution >= 0.6 is 0 Å². The van der Waals surface area contributed by atoms with Gasteiger partial charge in [0, 0.05) is 45.4 Å². The van der Waals surface area contributed by atoms with Crippen LogP contribution in [0.25, 0.3) is 0 Å². The van der Waals surface area contributed by atoms with E-state index in [1.807, 2.05) is 34.9 Å². The van der Waals surface area contributed by atoms with E-state index in [4.69, 9.17) is 37.9 Å². The number of aliphatic hydroxyl groups excluding tert-OH is 1. The molecule has 2 saturated carbocycles. The molecule has 0 aromatic heterocycles. The van der Waals surface area contributed by atoms with Gasteiger partial charge in [0.25, 0.3) is 0 Å². The van der Waals surface area contributed by atoms with Crippen molar-refractivity contribution in [3.63, 3.8) is 0 Å². The van der Waals surface area contributed by atoms with Gasteiger partial charge in [-0.2, -0.15) is 0 Å². The fraction of sp³-hybridized carbons (Fsp3) is 0.792. The zero-order chi connectivity index (χ0) is 44.5. The molecule has 14 heteroatoms. The summed E-state index contributed by atoms with van der Waals surface area (Å²) in [6.45, 7) is 8.80. The first-order valence-corrected chi connectivity index (χ1v) is 23.2. The molecule has 7 rings (SSSR count). The SMILES string of the molecule is CC[C@H]1CCC[C@H](O[C@H]2CCCC(C)(CN(C)C)O2)[C@@H](C)C(=O)C2=C[C@H]3[C@@H]4C[C@H](O[C@@H]5OC(C)[C@H](OC)C(OC)C5OC)C[C@H]4[C@@H](O)[C@H](Nc4cccc(F)c4)[C@H]3[C@@H]2CC(=O)O1. The largest absolute Gasteiger partial charge is 0.462 e. The lowest BCUT2D eigenvalue weighted by molar-refractivity contribution is -0.314. The number of allylic oxidation sites excluding steroid dienone is 2. The molecule has 1 aromatic carbocycles. The number of methoxy groups -OCH3 is 3. The van der Waals surface area contributed by atoms with Crippen LogP contribution in [-0.4, -0.2) is 137 Å². The van der Waals surface area contributed by atoms with Crippen LogP contribution in [0, 0.1) is 41.3 Å². The molecule has 0 amide bonds. The highest BCUT2D eigenvalue weighted by Crippen LogP contribution is 2.57. The number of carbonyl (C=O) groups excluding carboxylic acids is 2. The van der Waals surface area contributed by atoms with E-state index >= 15 is 4.79 Å². The van der Waals surface area contributed by atoms with Crippen molar-refractivity contribution in [1.29, 1.82) is 0 Å². The Kier molecular flexibility index (Phi) is 15.6. The second kappa shape index (κ2) is 20.3. The molecular formula is C48H73FN2O11. The zero-order valence-corrected chi connectivity index (χ0v) is 38.3. The van der Waals surface area contributed by atoms with Crippen molar-refractivity contribution in [2.45, 2.75) is 165 Å². The molecule has 62 heavy (non-hydrogen) atoms. The molecule has 4 unspecified atom stereocenters. The Morgan fingerprint density at radius 1 is 0.968 bits per heavy atom. The summed E-state index contributed by atoms with van der Waals surface area (Å²) in [5.74, 6) is -2.84. The molecule has 0 radical (unpaired) electrons. The molecular weight excluding hydrogens is 800 g/mol. The Balaban J connectivity index is 1.22. The second-order valence-corrected chi connectivity index (χ2v) is 19.5. The number of likely N-dealkylation sites (N-methyl/N-ethyl adjacent to an activating group) is 1. The number of Topliss-reactive ketones (excluding diaryl/α,β-unsaturated/α-hetero) is 1. The normalized spacial score (nSPS) is 42.8. The van der Waals surface area contributed by atoms with E-state index in [2.05, 4.69) is 23.2 Å². The first-order chi connectivity index (χ1) is 29.7. The van der Waals surface area contributed by atoms with Crippen molar-refractivity contribution >= 4 is 17.4 Å². The first kappa shape index (κ1) is 47.4. The molecule has 3 aliphatic carbocycles. The third-order valence-electron chi connectivity index (χ3n) is 15.0. The number of hydrogen-bond donors (Lipinski definition) is 2. The lowest BCUT2D eigenvalue weighted by Gasteiger charge is -2.47. The molecule has 2 N–H and O–H groups in total. The number of benzene rings is 1. The third-order valence-corrected chi connectivity index (χ3v) is 15.0. The highest BCUT2D eigenvalue weighted by Gasteiger charge is 2.60. The number of rotatable bonds is 12. The van der Waals surface area contributed by atoms with Crippen LogP contribution in [0.4, 0.5) is 10.1 Å². The van der Waals surface area contributed by atoms with Gasteiger partial charge in [0.15, 0.2) is 18.4 Å². The molecule has 6 aliphatic rings. The van der Waals surface area contributed by atoms with Crippen LogP contribution in [0.5, 0.6) is 0 Å². The summed E-state index contributed by atoms with van der Waals surface area (Å²) < 4.78 is 65.0. The number of hydrogen-bond acceptors (Lipinski definition) is 13. The lowest BCUT2D eigenvalue weighted by atomic mass is 9.62. The average Bonchev–Trinajstić information content (AvgIpc) is 3.81. The summed E-state index contributed by atoms with van der Waals surface area (Å²) in [5, 5.41) is 16.1. The predicted octanol–water partition coefficient (Wildman–Crippen LogP) is 6.30. The molecule has 3 aliphatic heterocycles. The van der Waals surface area contributed by atoms with Crippen LogP contribution in [-0.2, 0) is 47.5 Å². The van der Waals surface area contributed by atoms with Gasteiger partial charge in [-0.15, -0.1) is 0 Å². The smallest absolute Gasteiger partial charge is 0.306 e. The maximum Gasteiger partial charge on any atom is 0.306 e. The second-order valence-electron chi connectivity index (χ2n) is 19.5. The van der Waals surface area contributed by atoms with Gasteiger partial charge in [-0.1, -0.05) is 26.0 Å². The predicted molar refractivity (Wildman–Crippen MR) is 230 cm³/mol. The number of halogens is 1. The average molecular weight is 873 g/mol. The number of carbonyl (C=O) groups is 2. The number of esters is 1. The summed E-state index contributed by atoms with van der Waals surface area (Å²) in [6, 6.07) is 5.58. The topological polar surface area (TPSA) is 143 Å². The quantitative estimate of drug-likeness (QED) is 0.227. The van der Waals surface area contributed by atoms with E-state index in [-0.39, 0.29) is 71.9 Å². The number of ether oxygens (including phenoxy) is 8. The molecule has 0 spiro atoms. The summed E-state index contributed by atoms with van der Waals surface area (Å²) in [5.41, 5.74) is 0.726. The number of fused-ring (bicyclic) bond motifs is 5. The maximum absolute atomic E-state index is 15.2. The van der Waals surface area contributed by atoms with Crippen molar-refractivity contribution in [2.24, 2.45) is 35.5 Å². The van der Waals surface area contributed by atoms with Gasteiger partial charge in [-0.05, 0) is 133 Å². The van der Waals surface area contributed by atoms with Gasteiger partial charge in [0.2, 0.25) is 0 Å². The van der Waals surface area contributed by atoms with Crippen molar-refractivity contribution in [1.82, 2.24) is 4.90 Å². The minimum Gasteiger partial charge on any atom is -0.462 e. The van der Waals surface area contributed by atoms with Crippen molar-refractivity contribution in [3.8, 4) is 0 Å². The number of cyclic esters (lactones) is 1. The maximum atomic E-state index is 15.2. The Bertz CT molecular complexity index is 1720. The molecule has 1 aromatic rings. The van der Waals surface area contributed by atoms with Crippen molar-refractivity contribution < 1.29 is 57.0 Å². The van der Waals surface area contributed by atoms with Crippen LogP contribution < -0.4 is 5.32 Å². The Labute approximate surface area is 368 Å². The molecule has 3 heterocycles. The minimum absolute atomic E-state index is 0.0180.